The predicted octanol–water partition coefficient (Wildman–Crippen LogP) is 1.10. The van der Waals surface area contributed by atoms with Gasteiger partial charge in [-0.25, -0.2) is 4.79 Å². The quantitative estimate of drug-likeness (QED) is 0.859. The number of nitrogens with zero attached hydrogens (tertiary/aromatic N) is 1. The maximum Gasteiger partial charge on any atom is 0.335 e. The van der Waals surface area contributed by atoms with Crippen LogP contribution in [0.2, 0.25) is 0 Å². The first-order valence-corrected chi connectivity index (χ1v) is 6.92. The summed E-state index contributed by atoms with van der Waals surface area (Å²) < 4.78 is 5.99. The average molecular weight is 343 g/mol. The van der Waals surface area contributed by atoms with E-state index in [4.69, 9.17) is 9.84 Å². The van der Waals surface area contributed by atoms with Gasteiger partial charge in [0.05, 0.1) is 24.5 Å². The van der Waals surface area contributed by atoms with E-state index in [1.54, 1.807) is 13.1 Å². The van der Waals surface area contributed by atoms with Crippen molar-refractivity contribution in [2.45, 2.75) is 6.04 Å². The van der Waals surface area contributed by atoms with Crippen LogP contribution in [0.25, 0.3) is 0 Å². The van der Waals surface area contributed by atoms with Crippen LogP contribution in [0.4, 0.5) is 5.69 Å². The predicted molar refractivity (Wildman–Crippen MR) is 77.1 cm³/mol. The molecule has 0 bridgehead atoms. The molecule has 1 aliphatic heterocycles. The number of likely N-dealkylation sites (N-methyl/N-ethyl adjacent to an activating group) is 1. The van der Waals surface area contributed by atoms with Crippen molar-refractivity contribution in [2.75, 3.05) is 31.7 Å². The number of benzene rings is 1. The molecule has 1 aliphatic rings. The molecule has 6 nitrogen and oxygen atoms in total. The zero-order chi connectivity index (χ0) is 14.7. The van der Waals surface area contributed by atoms with Crippen molar-refractivity contribution < 1.29 is 19.4 Å². The van der Waals surface area contributed by atoms with Gasteiger partial charge in [-0.2, -0.15) is 0 Å². The SMILES string of the molecule is CNC(=O)C1COCCN1c1ccc(C(=O)O)cc1Br. The largest absolute Gasteiger partial charge is 0.478 e. The highest BCUT2D eigenvalue weighted by Crippen LogP contribution is 2.30. The highest BCUT2D eigenvalue weighted by atomic mass is 79.9. The maximum atomic E-state index is 11.9. The zero-order valence-electron chi connectivity index (χ0n) is 10.9. The van der Waals surface area contributed by atoms with Gasteiger partial charge >= 0.3 is 5.97 Å². The summed E-state index contributed by atoms with van der Waals surface area (Å²) in [6, 6.07) is 4.35. The summed E-state index contributed by atoms with van der Waals surface area (Å²) in [6.07, 6.45) is 0. The van der Waals surface area contributed by atoms with Gasteiger partial charge in [0.1, 0.15) is 6.04 Å². The fourth-order valence-electron chi connectivity index (χ4n) is 2.15. The third-order valence-corrected chi connectivity index (χ3v) is 3.82. The fraction of sp³-hybridized carbons (Fsp3) is 0.385. The van der Waals surface area contributed by atoms with Crippen molar-refractivity contribution in [2.24, 2.45) is 0 Å². The smallest absolute Gasteiger partial charge is 0.335 e. The molecule has 2 N–H and O–H groups in total. The minimum absolute atomic E-state index is 0.126. The molecule has 0 spiro atoms. The molecule has 0 aliphatic carbocycles. The van der Waals surface area contributed by atoms with Crippen molar-refractivity contribution in [3.05, 3.63) is 28.2 Å². The second-order valence-electron chi connectivity index (χ2n) is 4.37. The Morgan fingerprint density at radius 2 is 2.25 bits per heavy atom. The maximum absolute atomic E-state index is 11.9. The number of hydrogen-bond acceptors (Lipinski definition) is 4. The van der Waals surface area contributed by atoms with E-state index in [9.17, 15) is 9.59 Å². The standard InChI is InChI=1S/C13H15BrN2O4/c1-15-12(17)11-7-20-5-4-16(11)10-3-2-8(13(18)19)6-9(10)14/h2-3,6,11H,4-5,7H2,1H3,(H,15,17)(H,18,19). The van der Waals surface area contributed by atoms with Crippen molar-refractivity contribution in [3.8, 4) is 0 Å². The van der Waals surface area contributed by atoms with Crippen LogP contribution in [0.3, 0.4) is 0 Å². The summed E-state index contributed by atoms with van der Waals surface area (Å²) in [5.74, 6) is -1.11. The number of rotatable bonds is 3. The Hall–Kier alpha value is -1.60. The van der Waals surface area contributed by atoms with Gasteiger partial charge in [0.15, 0.2) is 0 Å². The van der Waals surface area contributed by atoms with Crippen LogP contribution in [0, 0.1) is 0 Å². The van der Waals surface area contributed by atoms with E-state index in [2.05, 4.69) is 21.2 Å². The first-order valence-electron chi connectivity index (χ1n) is 6.13. The number of anilines is 1. The molecule has 108 valence electrons. The molecule has 1 atom stereocenters. The van der Waals surface area contributed by atoms with Gasteiger partial charge in [-0.1, -0.05) is 0 Å². The molecule has 1 unspecified atom stereocenters. The van der Waals surface area contributed by atoms with Gasteiger partial charge in [-0.05, 0) is 34.1 Å². The van der Waals surface area contributed by atoms with Crippen LogP contribution in [-0.2, 0) is 9.53 Å². The van der Waals surface area contributed by atoms with Crippen molar-refractivity contribution >= 4 is 33.5 Å². The molecule has 1 fully saturated rings. The molecule has 0 saturated carbocycles. The van der Waals surface area contributed by atoms with E-state index in [0.717, 1.165) is 5.69 Å². The van der Waals surface area contributed by atoms with Crippen molar-refractivity contribution in [1.82, 2.24) is 5.32 Å². The second-order valence-corrected chi connectivity index (χ2v) is 5.22. The number of carboxylic acids is 1. The minimum Gasteiger partial charge on any atom is -0.478 e. The second kappa shape index (κ2) is 6.23. The number of aromatic carboxylic acids is 1. The average Bonchev–Trinajstić information content (AvgIpc) is 2.46. The Morgan fingerprint density at radius 1 is 1.50 bits per heavy atom. The molecule has 1 saturated heterocycles. The number of carbonyl (C=O) groups is 2. The summed E-state index contributed by atoms with van der Waals surface area (Å²) in [7, 11) is 1.58. The van der Waals surface area contributed by atoms with Gasteiger partial charge in [0.2, 0.25) is 5.91 Å². The first kappa shape index (κ1) is 14.8. The molecule has 1 heterocycles. The Kier molecular flexibility index (Phi) is 4.61. The number of carboxylic acid groups (broad SMARTS) is 1. The lowest BCUT2D eigenvalue weighted by atomic mass is 10.1. The van der Waals surface area contributed by atoms with Crippen LogP contribution in [0.1, 0.15) is 10.4 Å². The molecule has 1 amide bonds. The molecular weight excluding hydrogens is 328 g/mol. The lowest BCUT2D eigenvalue weighted by molar-refractivity contribution is -0.124. The lowest BCUT2D eigenvalue weighted by Crippen LogP contribution is -2.53. The van der Waals surface area contributed by atoms with E-state index in [0.29, 0.717) is 24.2 Å². The third kappa shape index (κ3) is 2.94. The van der Waals surface area contributed by atoms with Crippen molar-refractivity contribution in [1.29, 1.82) is 0 Å². The number of halogens is 1. The number of hydrogen-bond donors (Lipinski definition) is 2. The number of nitrogens with one attached hydrogen (secondary N) is 1. The minimum atomic E-state index is -0.984. The van der Waals surface area contributed by atoms with Gasteiger partial charge in [-0.3, -0.25) is 4.79 Å². The van der Waals surface area contributed by atoms with Crippen LogP contribution >= 0.6 is 15.9 Å². The van der Waals surface area contributed by atoms with E-state index >= 15 is 0 Å². The van der Waals surface area contributed by atoms with Crippen LogP contribution in [0.15, 0.2) is 22.7 Å². The number of carbonyl (C=O) groups excluding carboxylic acids is 1. The summed E-state index contributed by atoms with van der Waals surface area (Å²) in [5.41, 5.74) is 0.984. The molecule has 2 rings (SSSR count). The van der Waals surface area contributed by atoms with E-state index in [1.807, 2.05) is 4.90 Å². The Morgan fingerprint density at radius 3 is 2.85 bits per heavy atom. The van der Waals surface area contributed by atoms with Crippen LogP contribution in [-0.4, -0.2) is 49.8 Å². The zero-order valence-corrected chi connectivity index (χ0v) is 12.5. The van der Waals surface area contributed by atoms with Gasteiger partial charge < -0.3 is 20.1 Å². The highest BCUT2D eigenvalue weighted by Gasteiger charge is 2.30. The molecule has 7 heteroatoms. The first-order chi connectivity index (χ1) is 9.54. The summed E-state index contributed by atoms with van der Waals surface area (Å²) in [5, 5.41) is 11.6. The monoisotopic (exact) mass is 342 g/mol. The summed E-state index contributed by atoms with van der Waals surface area (Å²) in [4.78, 5) is 24.8. The van der Waals surface area contributed by atoms with Crippen LogP contribution < -0.4 is 10.2 Å². The Labute approximate surface area is 124 Å². The molecule has 1 aromatic rings. The third-order valence-electron chi connectivity index (χ3n) is 3.18. The van der Waals surface area contributed by atoms with E-state index < -0.39 is 12.0 Å². The van der Waals surface area contributed by atoms with Gasteiger partial charge in [-0.15, -0.1) is 0 Å². The number of amides is 1. The van der Waals surface area contributed by atoms with Gasteiger partial charge in [0.25, 0.3) is 0 Å². The van der Waals surface area contributed by atoms with Gasteiger partial charge in [0, 0.05) is 18.1 Å². The normalized spacial score (nSPS) is 18.7. The van der Waals surface area contributed by atoms with Crippen LogP contribution in [0.5, 0.6) is 0 Å². The molecule has 0 aromatic heterocycles. The topological polar surface area (TPSA) is 78.9 Å². The van der Waals surface area contributed by atoms with E-state index in [-0.39, 0.29) is 11.5 Å². The van der Waals surface area contributed by atoms with Crippen molar-refractivity contribution in [3.63, 3.8) is 0 Å². The molecular formula is C13H15BrN2O4. The molecule has 1 aromatic carbocycles. The molecule has 0 radical (unpaired) electrons. The number of morpholine rings is 1. The fourth-order valence-corrected chi connectivity index (χ4v) is 2.76. The Balaban J connectivity index is 2.32. The molecule has 20 heavy (non-hydrogen) atoms. The Bertz CT molecular complexity index is 535. The summed E-state index contributed by atoms with van der Waals surface area (Å²) in [6.45, 7) is 1.41. The highest BCUT2D eigenvalue weighted by molar-refractivity contribution is 9.10. The van der Waals surface area contributed by atoms with E-state index in [1.165, 1.54) is 12.1 Å². The lowest BCUT2D eigenvalue weighted by Gasteiger charge is -2.36. The summed E-state index contributed by atoms with van der Waals surface area (Å²) >= 11 is 3.37. The number of ether oxygens (including phenoxy) is 1.